The molecule has 6 nitrogen and oxygen atoms in total. The number of hydrogen-bond donors (Lipinski definition) is 2. The summed E-state index contributed by atoms with van der Waals surface area (Å²) in [6, 6.07) is 7.85. The maximum atomic E-state index is 14.7. The van der Waals surface area contributed by atoms with Crippen molar-refractivity contribution in [2.45, 2.75) is 37.7 Å². The van der Waals surface area contributed by atoms with E-state index in [4.69, 9.17) is 0 Å². The molecule has 2 atom stereocenters. The predicted octanol–water partition coefficient (Wildman–Crippen LogP) is 5.08. The van der Waals surface area contributed by atoms with Crippen LogP contribution in [0, 0.1) is 0 Å². The van der Waals surface area contributed by atoms with Crippen LogP contribution in [0.4, 0.5) is 23.2 Å². The monoisotopic (exact) mass is 521 g/mol. The number of amides is 1. The topological polar surface area (TPSA) is 70.1 Å². The molecule has 1 fully saturated rings. The number of fused-ring (bicyclic) bond motifs is 1. The van der Waals surface area contributed by atoms with Gasteiger partial charge in [0.05, 0.1) is 17.3 Å². The minimum Gasteiger partial charge on any atom is -0.379 e. The van der Waals surface area contributed by atoms with Gasteiger partial charge in [0.2, 0.25) is 0 Å². The SMILES string of the molecule is C=C(c1nc(CCCNC(=O)c2ccns2)cc2c(N[C@@H]3CCN(C)C[C@@H]3F)cccc12)C(F)(F)F. The molecule has 4 rings (SSSR count). The van der Waals surface area contributed by atoms with E-state index >= 15 is 0 Å². The van der Waals surface area contributed by atoms with Crippen molar-refractivity contribution in [3.05, 3.63) is 59.4 Å². The van der Waals surface area contributed by atoms with E-state index < -0.39 is 24.0 Å². The van der Waals surface area contributed by atoms with E-state index in [9.17, 15) is 22.4 Å². The van der Waals surface area contributed by atoms with Crippen LogP contribution >= 0.6 is 11.5 Å². The number of rotatable bonds is 8. The zero-order chi connectivity index (χ0) is 25.9. The molecule has 11 heteroatoms. The van der Waals surface area contributed by atoms with E-state index in [0.717, 1.165) is 18.1 Å². The molecule has 2 N–H and O–H groups in total. The second kappa shape index (κ2) is 10.9. The second-order valence-electron chi connectivity index (χ2n) is 8.89. The lowest BCUT2D eigenvalue weighted by molar-refractivity contribution is -0.0688. The van der Waals surface area contributed by atoms with Crippen LogP contribution in [0.3, 0.4) is 0 Å². The zero-order valence-corrected chi connectivity index (χ0v) is 20.6. The number of carbonyl (C=O) groups excluding carboxylic acids is 1. The summed E-state index contributed by atoms with van der Waals surface area (Å²) in [4.78, 5) is 18.8. The first-order valence-electron chi connectivity index (χ1n) is 11.6. The Labute approximate surface area is 210 Å². The fraction of sp³-hybridized carbons (Fsp3) is 0.400. The Bertz CT molecular complexity index is 1230. The molecule has 1 aliphatic rings. The van der Waals surface area contributed by atoms with Gasteiger partial charge in [-0.1, -0.05) is 18.7 Å². The maximum Gasteiger partial charge on any atom is 0.417 e. The van der Waals surface area contributed by atoms with Crippen LogP contribution in [0.2, 0.25) is 0 Å². The summed E-state index contributed by atoms with van der Waals surface area (Å²) in [6.07, 6.45) is -2.83. The van der Waals surface area contributed by atoms with Crippen LogP contribution in [-0.4, -0.2) is 65.2 Å². The van der Waals surface area contributed by atoms with Gasteiger partial charge in [-0.15, -0.1) is 0 Å². The first-order valence-corrected chi connectivity index (χ1v) is 12.4. The fourth-order valence-corrected chi connectivity index (χ4v) is 4.77. The average molecular weight is 522 g/mol. The number of aromatic nitrogens is 2. The Morgan fingerprint density at radius 2 is 2.08 bits per heavy atom. The van der Waals surface area contributed by atoms with Gasteiger partial charge < -0.3 is 15.5 Å². The molecule has 0 bridgehead atoms. The normalized spacial score (nSPS) is 18.8. The summed E-state index contributed by atoms with van der Waals surface area (Å²) in [6.45, 7) is 4.60. The molecule has 2 aromatic heterocycles. The number of halogens is 4. The van der Waals surface area contributed by atoms with Crippen LogP contribution in [0.1, 0.15) is 33.9 Å². The van der Waals surface area contributed by atoms with Gasteiger partial charge in [0, 0.05) is 48.0 Å². The quantitative estimate of drug-likeness (QED) is 0.320. The first-order chi connectivity index (χ1) is 17.1. The minimum absolute atomic E-state index is 0.243. The van der Waals surface area contributed by atoms with Crippen molar-refractivity contribution < 1.29 is 22.4 Å². The van der Waals surface area contributed by atoms with Gasteiger partial charge in [0.15, 0.2) is 0 Å². The summed E-state index contributed by atoms with van der Waals surface area (Å²) < 4.78 is 59.4. The Hall–Kier alpha value is -3.05. The number of piperidine rings is 1. The van der Waals surface area contributed by atoms with Gasteiger partial charge in [-0.3, -0.25) is 9.78 Å². The van der Waals surface area contributed by atoms with Gasteiger partial charge >= 0.3 is 6.18 Å². The van der Waals surface area contributed by atoms with E-state index in [1.165, 1.54) is 6.20 Å². The molecule has 0 saturated carbocycles. The Balaban J connectivity index is 1.59. The average Bonchev–Trinajstić information content (AvgIpc) is 3.37. The number of carbonyl (C=O) groups is 1. The van der Waals surface area contributed by atoms with Crippen molar-refractivity contribution >= 4 is 39.5 Å². The second-order valence-corrected chi connectivity index (χ2v) is 9.73. The summed E-state index contributed by atoms with van der Waals surface area (Å²) in [5.41, 5.74) is -0.285. The number of pyridine rings is 1. The van der Waals surface area contributed by atoms with Crippen molar-refractivity contribution in [2.24, 2.45) is 0 Å². The first kappa shape index (κ1) is 26.0. The number of allylic oxidation sites excluding steroid dienone is 1. The van der Waals surface area contributed by atoms with Gasteiger partial charge in [0.25, 0.3) is 5.91 Å². The molecule has 1 aromatic carbocycles. The minimum atomic E-state index is -4.65. The van der Waals surface area contributed by atoms with E-state index in [1.807, 2.05) is 11.9 Å². The third-order valence-corrected chi connectivity index (χ3v) is 6.94. The fourth-order valence-electron chi connectivity index (χ4n) is 4.26. The van der Waals surface area contributed by atoms with Gasteiger partial charge in [-0.05, 0) is 56.0 Å². The molecule has 3 aromatic rings. The number of alkyl halides is 4. The lowest BCUT2D eigenvalue weighted by Crippen LogP contribution is -2.46. The van der Waals surface area contributed by atoms with Gasteiger partial charge in [-0.25, -0.2) is 8.76 Å². The molecule has 0 radical (unpaired) electrons. The standard InChI is InChI=1S/C25H27F4N5OS/c1-15(25(27,28)29)23-17-6-3-7-20(33-21-9-12-34(2)14-19(21)26)18(17)13-16(32-23)5-4-10-30-24(35)22-8-11-31-36-22/h3,6-8,11,13,19,21,33H,1,4-5,9-10,12,14H2,2H3,(H,30,35)/t19-,21+/m0/s1. The van der Waals surface area contributed by atoms with Crippen molar-refractivity contribution in [1.82, 2.24) is 19.6 Å². The van der Waals surface area contributed by atoms with Crippen molar-refractivity contribution in [3.63, 3.8) is 0 Å². The number of hydrogen-bond acceptors (Lipinski definition) is 6. The molecule has 1 saturated heterocycles. The summed E-state index contributed by atoms with van der Waals surface area (Å²) in [5, 5.41) is 6.83. The predicted molar refractivity (Wildman–Crippen MR) is 134 cm³/mol. The number of benzene rings is 1. The van der Waals surface area contributed by atoms with E-state index in [1.54, 1.807) is 30.3 Å². The maximum absolute atomic E-state index is 14.7. The Morgan fingerprint density at radius 3 is 2.78 bits per heavy atom. The molecule has 0 unspecified atom stereocenters. The number of nitrogens with one attached hydrogen (secondary N) is 2. The van der Waals surface area contributed by atoms with Crippen molar-refractivity contribution in [2.75, 3.05) is 32.0 Å². The highest BCUT2D eigenvalue weighted by Gasteiger charge is 2.35. The zero-order valence-electron chi connectivity index (χ0n) is 19.7. The van der Waals surface area contributed by atoms with Gasteiger partial charge in [-0.2, -0.15) is 13.2 Å². The highest BCUT2D eigenvalue weighted by molar-refractivity contribution is 7.08. The highest BCUT2D eigenvalue weighted by Crippen LogP contribution is 2.37. The van der Waals surface area contributed by atoms with Crippen LogP contribution < -0.4 is 10.6 Å². The third kappa shape index (κ3) is 6.01. The van der Waals surface area contributed by atoms with E-state index in [-0.39, 0.29) is 11.6 Å². The van der Waals surface area contributed by atoms with Crippen LogP contribution in [0.25, 0.3) is 16.3 Å². The Morgan fingerprint density at radius 1 is 1.28 bits per heavy atom. The smallest absolute Gasteiger partial charge is 0.379 e. The van der Waals surface area contributed by atoms with E-state index in [2.05, 4.69) is 26.6 Å². The molecule has 1 aliphatic heterocycles. The molecule has 1 amide bonds. The third-order valence-electron chi connectivity index (χ3n) is 6.20. The molecular formula is C25H27F4N5OS. The lowest BCUT2D eigenvalue weighted by atomic mass is 9.99. The van der Waals surface area contributed by atoms with Crippen LogP contribution in [0.15, 0.2) is 43.1 Å². The molecule has 36 heavy (non-hydrogen) atoms. The molecule has 3 heterocycles. The number of nitrogens with zero attached hydrogens (tertiary/aromatic N) is 3. The number of anilines is 1. The summed E-state index contributed by atoms with van der Waals surface area (Å²) in [5.74, 6) is -0.250. The van der Waals surface area contributed by atoms with Crippen molar-refractivity contribution in [1.29, 1.82) is 0 Å². The molecule has 0 aliphatic carbocycles. The van der Waals surface area contributed by atoms with Crippen molar-refractivity contribution in [3.8, 4) is 0 Å². The van der Waals surface area contributed by atoms with Gasteiger partial charge in [0.1, 0.15) is 11.0 Å². The number of likely N-dealkylation sites (tertiary alicyclic amines) is 1. The summed E-state index contributed by atoms with van der Waals surface area (Å²) >= 11 is 1.08. The lowest BCUT2D eigenvalue weighted by Gasteiger charge is -2.33. The highest BCUT2D eigenvalue weighted by atomic mass is 32.1. The number of aryl methyl sites for hydroxylation is 1. The van der Waals surface area contributed by atoms with Crippen LogP contribution in [0.5, 0.6) is 0 Å². The largest absolute Gasteiger partial charge is 0.417 e. The molecule has 192 valence electrons. The molecule has 0 spiro atoms. The van der Waals surface area contributed by atoms with E-state index in [0.29, 0.717) is 59.4 Å². The van der Waals surface area contributed by atoms with Crippen LogP contribution in [-0.2, 0) is 6.42 Å². The molecular weight excluding hydrogens is 494 g/mol. The Kier molecular flexibility index (Phi) is 7.89. The summed E-state index contributed by atoms with van der Waals surface area (Å²) in [7, 11) is 1.85.